The number of aliphatic hydroxyl groups is 3. The van der Waals surface area contributed by atoms with E-state index in [1.165, 1.54) is 10.9 Å². The van der Waals surface area contributed by atoms with Gasteiger partial charge < -0.3 is 25.4 Å². The Morgan fingerprint density at radius 1 is 1.13 bits per heavy atom. The van der Waals surface area contributed by atoms with Gasteiger partial charge in [0.05, 0.1) is 18.5 Å². The molecule has 4 atom stereocenters. The number of alkyl halides is 3. The largest absolute Gasteiger partial charge is 0.416 e. The molecule has 1 saturated heterocycles. The summed E-state index contributed by atoms with van der Waals surface area (Å²) in [4.78, 5) is 12.2. The lowest BCUT2D eigenvalue weighted by molar-refractivity contribution is -0.137. The summed E-state index contributed by atoms with van der Waals surface area (Å²) in [7, 11) is 0. The van der Waals surface area contributed by atoms with Crippen molar-refractivity contribution in [3.8, 4) is 0 Å². The third-order valence-corrected chi connectivity index (χ3v) is 4.97. The molecule has 0 bridgehead atoms. The minimum Gasteiger partial charge on any atom is -0.394 e. The van der Waals surface area contributed by atoms with Crippen LogP contribution in [0.3, 0.4) is 0 Å². The fraction of sp³-hybridized carbons (Fsp3) is 0.389. The Labute approximate surface area is 172 Å². The Morgan fingerprint density at radius 3 is 2.58 bits per heavy atom. The molecule has 3 aromatic rings. The Hall–Kier alpha value is -2.87. The van der Waals surface area contributed by atoms with E-state index in [9.17, 15) is 32.9 Å². The summed E-state index contributed by atoms with van der Waals surface area (Å²) in [6.45, 7) is -0.811. The monoisotopic (exact) mass is 443 g/mol. The van der Waals surface area contributed by atoms with Gasteiger partial charge in [-0.15, -0.1) is 0 Å². The van der Waals surface area contributed by atoms with Crippen molar-refractivity contribution in [1.29, 1.82) is 0 Å². The first-order chi connectivity index (χ1) is 14.7. The van der Waals surface area contributed by atoms with Gasteiger partial charge in [-0.1, -0.05) is 0 Å². The van der Waals surface area contributed by atoms with E-state index in [-0.39, 0.29) is 29.1 Å². The maximum absolute atomic E-state index is 14.0. The molecule has 0 saturated carbocycles. The number of benzene rings is 1. The zero-order chi connectivity index (χ0) is 22.3. The van der Waals surface area contributed by atoms with Gasteiger partial charge in [0.2, 0.25) is 0 Å². The van der Waals surface area contributed by atoms with Gasteiger partial charge in [-0.3, -0.25) is 4.57 Å². The number of hydrogen-bond donors (Lipinski definition) is 4. The van der Waals surface area contributed by atoms with Gasteiger partial charge in [0, 0.05) is 12.1 Å². The van der Waals surface area contributed by atoms with Gasteiger partial charge in [-0.2, -0.15) is 13.2 Å². The zero-order valence-corrected chi connectivity index (χ0v) is 15.7. The van der Waals surface area contributed by atoms with Crippen LogP contribution >= 0.6 is 0 Å². The predicted octanol–water partition coefficient (Wildman–Crippen LogP) is 1.21. The second kappa shape index (κ2) is 8.00. The highest BCUT2D eigenvalue weighted by atomic mass is 19.4. The van der Waals surface area contributed by atoms with Crippen LogP contribution in [0.4, 0.5) is 23.4 Å². The number of aliphatic hydroxyl groups excluding tert-OH is 3. The van der Waals surface area contributed by atoms with Crippen LogP contribution in [0.15, 0.2) is 30.9 Å². The predicted molar refractivity (Wildman–Crippen MR) is 97.1 cm³/mol. The number of hydrogen-bond acceptors (Lipinski definition) is 8. The minimum absolute atomic E-state index is 0.118. The first-order valence-electron chi connectivity index (χ1n) is 9.10. The zero-order valence-electron chi connectivity index (χ0n) is 15.7. The van der Waals surface area contributed by atoms with Crippen molar-refractivity contribution in [2.75, 3.05) is 11.9 Å². The molecule has 1 aliphatic rings. The van der Waals surface area contributed by atoms with Crippen LogP contribution in [0, 0.1) is 5.82 Å². The maximum Gasteiger partial charge on any atom is 0.416 e. The number of rotatable bonds is 5. The number of aromatic nitrogens is 4. The first kappa shape index (κ1) is 21.4. The smallest absolute Gasteiger partial charge is 0.394 e. The van der Waals surface area contributed by atoms with Gasteiger partial charge in [0.15, 0.2) is 23.2 Å². The van der Waals surface area contributed by atoms with Gasteiger partial charge in [-0.05, 0) is 18.2 Å². The van der Waals surface area contributed by atoms with Crippen LogP contribution in [-0.2, 0) is 17.5 Å². The van der Waals surface area contributed by atoms with Gasteiger partial charge >= 0.3 is 6.18 Å². The second-order valence-corrected chi connectivity index (χ2v) is 6.93. The van der Waals surface area contributed by atoms with E-state index in [2.05, 4.69) is 20.3 Å². The molecule has 13 heteroatoms. The van der Waals surface area contributed by atoms with Crippen LogP contribution in [0.25, 0.3) is 11.2 Å². The van der Waals surface area contributed by atoms with E-state index >= 15 is 0 Å². The van der Waals surface area contributed by atoms with E-state index in [1.807, 2.05) is 0 Å². The van der Waals surface area contributed by atoms with Crippen LogP contribution in [-0.4, -0.2) is 59.8 Å². The second-order valence-electron chi connectivity index (χ2n) is 6.93. The molecule has 0 aliphatic carbocycles. The number of fused-ring (bicyclic) bond motifs is 1. The van der Waals surface area contributed by atoms with Crippen LogP contribution < -0.4 is 5.32 Å². The number of halogens is 4. The summed E-state index contributed by atoms with van der Waals surface area (Å²) in [5.41, 5.74) is -0.818. The van der Waals surface area contributed by atoms with E-state index in [4.69, 9.17) is 4.74 Å². The molecular formula is C18H17F4N5O4. The summed E-state index contributed by atoms with van der Waals surface area (Å²) >= 11 is 0. The van der Waals surface area contributed by atoms with Crippen molar-refractivity contribution in [2.24, 2.45) is 0 Å². The fourth-order valence-corrected chi connectivity index (χ4v) is 3.34. The van der Waals surface area contributed by atoms with E-state index < -0.39 is 48.7 Å². The van der Waals surface area contributed by atoms with Crippen molar-refractivity contribution in [3.63, 3.8) is 0 Å². The fourth-order valence-electron chi connectivity index (χ4n) is 3.34. The highest BCUT2D eigenvalue weighted by molar-refractivity contribution is 5.82. The lowest BCUT2D eigenvalue weighted by Gasteiger charge is -2.16. The molecule has 1 aliphatic heterocycles. The van der Waals surface area contributed by atoms with Crippen molar-refractivity contribution < 1.29 is 37.6 Å². The SMILES string of the molecule is OC[C@H]1OC(n2cnc3c(NCc4cc(C(F)(F)F)ccc4F)ncnc32)[C@H](O)[C@@H]1O. The Morgan fingerprint density at radius 2 is 1.90 bits per heavy atom. The summed E-state index contributed by atoms with van der Waals surface area (Å²) in [6.07, 6.45) is -6.96. The van der Waals surface area contributed by atoms with Gasteiger partial charge in [0.1, 0.15) is 30.5 Å². The quantitative estimate of drug-likeness (QED) is 0.434. The molecule has 4 N–H and O–H groups in total. The molecule has 1 unspecified atom stereocenters. The summed E-state index contributed by atoms with van der Waals surface area (Å²) in [6, 6.07) is 2.11. The first-order valence-corrected chi connectivity index (χ1v) is 9.10. The van der Waals surface area contributed by atoms with E-state index in [0.29, 0.717) is 12.1 Å². The molecule has 0 amide bonds. The molecule has 4 rings (SSSR count). The molecule has 31 heavy (non-hydrogen) atoms. The van der Waals surface area contributed by atoms with E-state index in [0.717, 1.165) is 12.4 Å². The summed E-state index contributed by atoms with van der Waals surface area (Å²) in [5.74, 6) is -0.699. The van der Waals surface area contributed by atoms with Crippen LogP contribution in [0.5, 0.6) is 0 Å². The molecule has 9 nitrogen and oxygen atoms in total. The molecule has 1 aromatic carbocycles. The number of imidazole rings is 1. The number of anilines is 1. The van der Waals surface area contributed by atoms with Gasteiger partial charge in [-0.25, -0.2) is 19.3 Å². The lowest BCUT2D eigenvalue weighted by atomic mass is 10.1. The molecule has 0 radical (unpaired) electrons. The summed E-state index contributed by atoms with van der Waals surface area (Å²) in [5, 5.41) is 32.1. The molecule has 0 spiro atoms. The highest BCUT2D eigenvalue weighted by Crippen LogP contribution is 2.33. The minimum atomic E-state index is -4.61. The molecule has 3 heterocycles. The third-order valence-electron chi connectivity index (χ3n) is 4.97. The summed E-state index contributed by atoms with van der Waals surface area (Å²) < 4.78 is 59.4. The number of nitrogens with zero attached hydrogens (tertiary/aromatic N) is 4. The van der Waals surface area contributed by atoms with Crippen molar-refractivity contribution in [2.45, 2.75) is 37.3 Å². The van der Waals surface area contributed by atoms with Crippen LogP contribution in [0.2, 0.25) is 0 Å². The molecule has 166 valence electrons. The van der Waals surface area contributed by atoms with E-state index in [1.54, 1.807) is 0 Å². The average molecular weight is 443 g/mol. The highest BCUT2D eigenvalue weighted by Gasteiger charge is 2.44. The Bertz CT molecular complexity index is 1090. The molecule has 1 fully saturated rings. The Kier molecular flexibility index (Phi) is 5.51. The maximum atomic E-state index is 14.0. The lowest BCUT2D eigenvalue weighted by Crippen LogP contribution is -2.33. The molecular weight excluding hydrogens is 426 g/mol. The van der Waals surface area contributed by atoms with Crippen LogP contribution in [0.1, 0.15) is 17.4 Å². The van der Waals surface area contributed by atoms with Crippen molar-refractivity contribution in [3.05, 3.63) is 47.8 Å². The number of ether oxygens (including phenoxy) is 1. The molecule has 2 aromatic heterocycles. The number of nitrogens with one attached hydrogen (secondary N) is 1. The average Bonchev–Trinajstić information content (AvgIpc) is 3.28. The third kappa shape index (κ3) is 3.92. The topological polar surface area (TPSA) is 126 Å². The van der Waals surface area contributed by atoms with Crippen molar-refractivity contribution >= 4 is 17.0 Å². The normalized spacial score (nSPS) is 24.1. The Balaban J connectivity index is 1.60. The van der Waals surface area contributed by atoms with Gasteiger partial charge in [0.25, 0.3) is 0 Å². The standard InChI is InChI=1S/C18H17F4N5O4/c19-10-2-1-9(18(20,21)22)3-8(10)4-23-15-12-16(25-6-24-15)27(7-26-12)17-14(30)13(29)11(5-28)31-17/h1-3,6-7,11,13-14,17,28-30H,4-5H2,(H,23,24,25)/t11-,13-,14-,17?/m1/s1. The van der Waals surface area contributed by atoms with Crippen molar-refractivity contribution in [1.82, 2.24) is 19.5 Å².